The smallest absolute Gasteiger partial charge is 0.292 e. The zero-order valence-corrected chi connectivity index (χ0v) is 17.5. The molecule has 0 atom stereocenters. The zero-order chi connectivity index (χ0) is 18.8. The molecule has 5 nitrogen and oxygen atoms in total. The second-order valence-electron chi connectivity index (χ2n) is 5.77. The van der Waals surface area contributed by atoms with Crippen LogP contribution in [0.15, 0.2) is 61.2 Å². The van der Waals surface area contributed by atoms with Crippen molar-refractivity contribution in [2.45, 2.75) is 17.0 Å². The summed E-state index contributed by atoms with van der Waals surface area (Å²) < 4.78 is 7.69. The number of rotatable bonds is 5. The Balaban J connectivity index is 1.64. The molecule has 3 heterocycles. The van der Waals surface area contributed by atoms with Crippen molar-refractivity contribution < 1.29 is 9.21 Å². The van der Waals surface area contributed by atoms with Gasteiger partial charge in [-0.2, -0.15) is 0 Å². The van der Waals surface area contributed by atoms with Crippen molar-refractivity contribution in [3.8, 4) is 0 Å². The molecule has 4 rings (SSSR count). The van der Waals surface area contributed by atoms with Gasteiger partial charge in [0, 0.05) is 38.4 Å². The van der Waals surface area contributed by atoms with Crippen molar-refractivity contribution in [2.24, 2.45) is 0 Å². The van der Waals surface area contributed by atoms with E-state index in [9.17, 15) is 4.79 Å². The summed E-state index contributed by atoms with van der Waals surface area (Å²) in [4.78, 5) is 21.5. The fraction of sp³-hybridized carbons (Fsp3) is 0.105. The Morgan fingerprint density at radius 1 is 1.30 bits per heavy atom. The van der Waals surface area contributed by atoms with Crippen LogP contribution in [-0.4, -0.2) is 15.9 Å². The lowest BCUT2D eigenvalue weighted by molar-refractivity contribution is 0.0997. The number of benzene rings is 1. The Morgan fingerprint density at radius 2 is 2.15 bits per heavy atom. The normalized spacial score (nSPS) is 11.0. The maximum absolute atomic E-state index is 12.8. The number of hydrogen-bond acceptors (Lipinski definition) is 6. The van der Waals surface area contributed by atoms with Crippen LogP contribution in [0.1, 0.15) is 21.8 Å². The maximum Gasteiger partial charge on any atom is 0.292 e. The highest BCUT2D eigenvalue weighted by Crippen LogP contribution is 2.33. The van der Waals surface area contributed by atoms with Gasteiger partial charge in [-0.05, 0) is 41.1 Å². The largest absolute Gasteiger partial charge is 0.451 e. The number of nitrogens with one attached hydrogen (secondary N) is 1. The molecule has 0 saturated carbocycles. The van der Waals surface area contributed by atoms with E-state index < -0.39 is 0 Å². The molecule has 0 unspecified atom stereocenters. The van der Waals surface area contributed by atoms with Gasteiger partial charge in [0.15, 0.2) is 5.76 Å². The molecule has 0 saturated heterocycles. The van der Waals surface area contributed by atoms with Crippen molar-refractivity contribution in [2.75, 3.05) is 5.32 Å². The minimum Gasteiger partial charge on any atom is -0.451 e. The number of carbonyl (C=O) groups is 1. The van der Waals surface area contributed by atoms with E-state index in [0.29, 0.717) is 22.9 Å². The number of fused-ring (bicyclic) bond motifs is 1. The molecule has 4 aromatic rings. The fourth-order valence-corrected chi connectivity index (χ4v) is 4.69. The van der Waals surface area contributed by atoms with Gasteiger partial charge in [-0.15, -0.1) is 11.3 Å². The van der Waals surface area contributed by atoms with Crippen molar-refractivity contribution in [3.63, 3.8) is 0 Å². The molecule has 27 heavy (non-hydrogen) atoms. The van der Waals surface area contributed by atoms with E-state index >= 15 is 0 Å². The lowest BCUT2D eigenvalue weighted by Gasteiger charge is -2.04. The van der Waals surface area contributed by atoms with Crippen LogP contribution in [-0.2, 0) is 5.75 Å². The minimum atomic E-state index is -0.313. The van der Waals surface area contributed by atoms with Crippen LogP contribution < -0.4 is 5.32 Å². The summed E-state index contributed by atoms with van der Waals surface area (Å²) in [5.74, 6) is 1.06. The molecule has 1 N–H and O–H groups in total. The van der Waals surface area contributed by atoms with Gasteiger partial charge in [-0.25, -0.2) is 9.97 Å². The Bertz CT molecular complexity index is 1110. The Morgan fingerprint density at radius 3 is 2.89 bits per heavy atom. The second kappa shape index (κ2) is 7.84. The standard InChI is InChI=1S/C19H14BrN3O2S2/c1-11-9-26-19(22-11)27-10-14-13-4-2-3-5-15(13)25-17(14)18(24)23-16-7-6-12(20)8-21-16/h2-9H,10H2,1H3,(H,21,23,24). The molecule has 0 bridgehead atoms. The van der Waals surface area contributed by atoms with Crippen molar-refractivity contribution in [3.05, 3.63) is 69.5 Å². The number of aromatic nitrogens is 2. The summed E-state index contributed by atoms with van der Waals surface area (Å²) in [5.41, 5.74) is 2.55. The number of aryl methyl sites for hydroxylation is 1. The molecule has 0 aliphatic rings. The molecule has 8 heteroatoms. The summed E-state index contributed by atoms with van der Waals surface area (Å²) in [6.45, 7) is 1.97. The summed E-state index contributed by atoms with van der Waals surface area (Å²) in [6, 6.07) is 11.2. The minimum absolute atomic E-state index is 0.307. The quantitative estimate of drug-likeness (QED) is 0.376. The molecule has 0 aliphatic carbocycles. The van der Waals surface area contributed by atoms with E-state index in [-0.39, 0.29) is 5.91 Å². The number of thioether (sulfide) groups is 1. The fourth-order valence-electron chi connectivity index (χ4n) is 2.58. The second-order valence-corrected chi connectivity index (χ2v) is 8.76. The Hall–Kier alpha value is -2.16. The number of para-hydroxylation sites is 1. The van der Waals surface area contributed by atoms with Gasteiger partial charge in [0.2, 0.25) is 0 Å². The van der Waals surface area contributed by atoms with E-state index in [0.717, 1.165) is 25.5 Å². The van der Waals surface area contributed by atoms with E-state index in [1.165, 1.54) is 0 Å². The maximum atomic E-state index is 12.8. The van der Waals surface area contributed by atoms with Crippen LogP contribution in [0.3, 0.4) is 0 Å². The summed E-state index contributed by atoms with van der Waals surface area (Å²) in [5, 5.41) is 5.76. The monoisotopic (exact) mass is 459 g/mol. The van der Waals surface area contributed by atoms with Gasteiger partial charge in [-0.3, -0.25) is 4.79 Å². The van der Waals surface area contributed by atoms with E-state index in [2.05, 4.69) is 31.2 Å². The molecule has 0 spiro atoms. The highest BCUT2D eigenvalue weighted by molar-refractivity contribution is 9.10. The summed E-state index contributed by atoms with van der Waals surface area (Å²) >= 11 is 6.53. The van der Waals surface area contributed by atoms with Crippen molar-refractivity contribution in [1.29, 1.82) is 0 Å². The molecule has 1 amide bonds. The number of hydrogen-bond donors (Lipinski definition) is 1. The van der Waals surface area contributed by atoms with Gasteiger partial charge < -0.3 is 9.73 Å². The third-order valence-electron chi connectivity index (χ3n) is 3.81. The van der Waals surface area contributed by atoms with Gasteiger partial charge in [0.1, 0.15) is 15.7 Å². The SMILES string of the molecule is Cc1csc(SCc2c(C(=O)Nc3ccc(Br)cn3)oc3ccccc23)n1. The number of thiazole rings is 1. The number of furan rings is 1. The molecular weight excluding hydrogens is 446 g/mol. The lowest BCUT2D eigenvalue weighted by atomic mass is 10.1. The van der Waals surface area contributed by atoms with Crippen LogP contribution in [0, 0.1) is 6.92 Å². The van der Waals surface area contributed by atoms with Crippen molar-refractivity contribution in [1.82, 2.24) is 9.97 Å². The average Bonchev–Trinajstić information content (AvgIpc) is 3.25. The first-order valence-electron chi connectivity index (χ1n) is 8.08. The molecule has 1 aromatic carbocycles. The van der Waals surface area contributed by atoms with Gasteiger partial charge >= 0.3 is 0 Å². The molecular formula is C19H14BrN3O2S2. The number of carbonyl (C=O) groups excluding carboxylic acids is 1. The number of halogens is 1. The van der Waals surface area contributed by atoms with Crippen LogP contribution in [0.25, 0.3) is 11.0 Å². The molecule has 136 valence electrons. The third kappa shape index (κ3) is 4.07. The predicted molar refractivity (Wildman–Crippen MR) is 113 cm³/mol. The average molecular weight is 460 g/mol. The number of pyridine rings is 1. The van der Waals surface area contributed by atoms with E-state index in [1.54, 1.807) is 35.4 Å². The number of anilines is 1. The first-order chi connectivity index (χ1) is 13.1. The summed E-state index contributed by atoms with van der Waals surface area (Å²) in [7, 11) is 0. The zero-order valence-electron chi connectivity index (χ0n) is 14.2. The van der Waals surface area contributed by atoms with Crippen LogP contribution in [0.2, 0.25) is 0 Å². The van der Waals surface area contributed by atoms with Gasteiger partial charge in [0.05, 0.1) is 0 Å². The topological polar surface area (TPSA) is 68.0 Å². The van der Waals surface area contributed by atoms with Gasteiger partial charge in [-0.1, -0.05) is 30.0 Å². The number of nitrogens with zero attached hydrogens (tertiary/aromatic N) is 2. The Labute approximate surface area is 172 Å². The highest BCUT2D eigenvalue weighted by Gasteiger charge is 2.21. The molecule has 0 radical (unpaired) electrons. The lowest BCUT2D eigenvalue weighted by Crippen LogP contribution is -2.13. The molecule has 0 aliphatic heterocycles. The third-order valence-corrected chi connectivity index (χ3v) is 6.45. The Kier molecular flexibility index (Phi) is 5.29. The van der Waals surface area contributed by atoms with E-state index in [4.69, 9.17) is 4.42 Å². The molecule has 3 aromatic heterocycles. The van der Waals surface area contributed by atoms with Crippen LogP contribution in [0.5, 0.6) is 0 Å². The van der Waals surface area contributed by atoms with Crippen LogP contribution in [0.4, 0.5) is 5.82 Å². The van der Waals surface area contributed by atoms with Crippen LogP contribution >= 0.6 is 39.0 Å². The van der Waals surface area contributed by atoms with Crippen molar-refractivity contribution >= 4 is 61.7 Å². The molecule has 0 fully saturated rings. The predicted octanol–water partition coefficient (Wildman–Crippen LogP) is 5.90. The van der Waals surface area contributed by atoms with Gasteiger partial charge in [0.25, 0.3) is 5.91 Å². The first kappa shape index (κ1) is 18.2. The highest BCUT2D eigenvalue weighted by atomic mass is 79.9. The van der Waals surface area contributed by atoms with E-state index in [1.807, 2.05) is 42.6 Å². The summed E-state index contributed by atoms with van der Waals surface area (Å²) in [6.07, 6.45) is 1.63. The number of amides is 1. The first-order valence-corrected chi connectivity index (χ1v) is 10.7.